The number of carboxylic acids is 3. The second-order valence-corrected chi connectivity index (χ2v) is 32.8. The molecule has 0 aliphatic carbocycles. The zero-order valence-electron chi connectivity index (χ0n) is 66.6. The van der Waals surface area contributed by atoms with Crippen LogP contribution < -0.4 is 53.2 Å². The summed E-state index contributed by atoms with van der Waals surface area (Å²) >= 11 is 2.63. The molecule has 1 saturated heterocycles. The van der Waals surface area contributed by atoms with Crippen LogP contribution in [0.1, 0.15) is 168 Å². The number of nitrogens with one attached hydrogen (secondary N) is 10. The molecular weight excluding hydrogens is 1540 g/mol. The molecule has 14 atom stereocenters. The number of hydrogen-bond donors (Lipinski definition) is 13. The minimum absolute atomic E-state index is 0.00302. The lowest BCUT2D eigenvalue weighted by Crippen LogP contribution is -2.57. The Kier molecular flexibility index (Phi) is 39.4. The fourth-order valence-electron chi connectivity index (χ4n) is 11.8. The smallest absolute Gasteiger partial charge is 0.306 e. The van der Waals surface area contributed by atoms with Crippen LogP contribution >= 0.6 is 34.9 Å². The maximum atomic E-state index is 14.5. The van der Waals surface area contributed by atoms with Gasteiger partial charge < -0.3 is 87.6 Å². The third kappa shape index (κ3) is 31.3. The summed E-state index contributed by atoms with van der Waals surface area (Å²) in [5.74, 6) is -18.1. The molecule has 2 aliphatic heterocycles. The Morgan fingerprint density at radius 3 is 1.73 bits per heavy atom. The van der Waals surface area contributed by atoms with E-state index in [2.05, 4.69) is 58.2 Å². The number of anilines is 2. The maximum Gasteiger partial charge on any atom is 0.306 e. The van der Waals surface area contributed by atoms with Gasteiger partial charge in [0, 0.05) is 87.6 Å². The van der Waals surface area contributed by atoms with Crippen LogP contribution in [0.5, 0.6) is 0 Å². The molecule has 1 aromatic heterocycles. The lowest BCUT2D eigenvalue weighted by molar-refractivity contribution is -0.150. The minimum atomic E-state index is -1.86. The van der Waals surface area contributed by atoms with Gasteiger partial charge in [-0.3, -0.25) is 86.4 Å². The van der Waals surface area contributed by atoms with E-state index in [0.29, 0.717) is 12.0 Å². The molecule has 0 saturated carbocycles. The van der Waals surface area contributed by atoms with Crippen molar-refractivity contribution >= 4 is 147 Å². The van der Waals surface area contributed by atoms with Crippen molar-refractivity contribution in [1.82, 2.24) is 57.3 Å². The Morgan fingerprint density at radius 1 is 0.673 bits per heavy atom. The third-order valence-electron chi connectivity index (χ3n) is 19.5. The Hall–Kier alpha value is -9.18. The van der Waals surface area contributed by atoms with Gasteiger partial charge in [0.25, 0.3) is 5.91 Å². The highest BCUT2D eigenvalue weighted by molar-refractivity contribution is 8.17. The summed E-state index contributed by atoms with van der Waals surface area (Å²) in [4.78, 5) is 237. The average molecular weight is 1650 g/mol. The van der Waals surface area contributed by atoms with Gasteiger partial charge in [-0.1, -0.05) is 47.1 Å². The molecule has 113 heavy (non-hydrogen) atoms. The van der Waals surface area contributed by atoms with Crippen molar-refractivity contribution in [3.8, 4) is 0 Å². The maximum absolute atomic E-state index is 14.5. The Bertz CT molecular complexity index is 3750. The molecule has 13 N–H and O–H groups in total. The van der Waals surface area contributed by atoms with E-state index in [1.807, 2.05) is 27.7 Å². The van der Waals surface area contributed by atoms with Gasteiger partial charge in [-0.25, -0.2) is 4.98 Å². The zero-order valence-corrected chi connectivity index (χ0v) is 69.0. The topological polar surface area (TPSA) is 518 Å². The number of esters is 1. The SMILES string of the molecule is CC[C@H](C)[C@H](CC(=O)C(C)(C)N(C)C)C(=O)N(C)[C@H](C[C@@H](OC(C)=O)c1nc(C(=O)N[C@@H](Cc2ccc3c(c2)NC(=O)[C@H](C)NC(=O)[C@H](C)NC(=O)CCOCCNC(=O)C2NC(=O)C(CC(=O)O)SCSC(CC(=O)O)C(=O)CC2C(=O)NCCOCCC(=O)N[C@@H](C)C(=O)N[C@@H](C)C(=O)N3)CC(C)C(=O)O)cs1)C(C)C. The Morgan fingerprint density at radius 2 is 1.20 bits per heavy atom. The fourth-order valence-corrected chi connectivity index (χ4v) is 15.3. The van der Waals surface area contributed by atoms with Crippen LogP contribution in [0.2, 0.25) is 0 Å². The first-order valence-electron chi connectivity index (χ1n) is 37.2. The number of hydrogen-bond acceptors (Lipinski definition) is 25. The highest BCUT2D eigenvalue weighted by Gasteiger charge is 2.43. The van der Waals surface area contributed by atoms with Crippen LogP contribution in [0.3, 0.4) is 0 Å². The number of carboxylic acid groups (broad SMARTS) is 3. The molecule has 2 aliphatic rings. The second kappa shape index (κ2) is 46.2. The number of nitrogens with zero attached hydrogens (tertiary/aromatic N) is 3. The molecule has 11 amide bonds. The first kappa shape index (κ1) is 96.2. The van der Waals surface area contributed by atoms with Gasteiger partial charge in [0.1, 0.15) is 46.7 Å². The van der Waals surface area contributed by atoms with Gasteiger partial charge in [-0.15, -0.1) is 34.9 Å². The lowest BCUT2D eigenvalue weighted by Gasteiger charge is -2.38. The molecular formula is C74H111N13O23S3. The largest absolute Gasteiger partial charge is 0.481 e. The molecule has 5 unspecified atom stereocenters. The fraction of sp³-hybridized carbons (Fsp3) is 0.649. The minimum Gasteiger partial charge on any atom is -0.481 e. The van der Waals surface area contributed by atoms with E-state index in [9.17, 15) is 96.8 Å². The molecule has 3 heterocycles. The zero-order chi connectivity index (χ0) is 84.9. The Labute approximate surface area is 669 Å². The number of ketones is 2. The number of Topliss-reactive ketones (excluding diaryl/α,β-unsaturated/α-hetero) is 2. The van der Waals surface area contributed by atoms with Crippen molar-refractivity contribution in [1.29, 1.82) is 0 Å². The predicted octanol–water partition coefficient (Wildman–Crippen LogP) is 2.17. The van der Waals surface area contributed by atoms with Crippen molar-refractivity contribution in [3.63, 3.8) is 0 Å². The van der Waals surface area contributed by atoms with Crippen LogP contribution in [-0.2, 0) is 97.3 Å². The third-order valence-corrected chi connectivity index (χ3v) is 23.1. The first-order valence-corrected chi connectivity index (χ1v) is 40.2. The van der Waals surface area contributed by atoms with E-state index in [0.717, 1.165) is 34.9 Å². The summed E-state index contributed by atoms with van der Waals surface area (Å²) in [5.41, 5.74) is -0.754. The summed E-state index contributed by atoms with van der Waals surface area (Å²) in [6.45, 7) is 17.5. The van der Waals surface area contributed by atoms with E-state index < -0.39 is 190 Å². The molecule has 1 fully saturated rings. The number of thioether (sulfide) groups is 2. The molecule has 36 nitrogen and oxygen atoms in total. The summed E-state index contributed by atoms with van der Waals surface area (Å²) in [6.07, 6.45) is -3.57. The van der Waals surface area contributed by atoms with E-state index in [4.69, 9.17) is 14.2 Å². The molecule has 0 radical (unpaired) electrons. The summed E-state index contributed by atoms with van der Waals surface area (Å²) in [7, 11) is 5.24. The van der Waals surface area contributed by atoms with Gasteiger partial charge in [0.2, 0.25) is 59.1 Å². The monoisotopic (exact) mass is 1650 g/mol. The summed E-state index contributed by atoms with van der Waals surface area (Å²) in [5, 5.41) is 54.0. The molecule has 0 bridgehead atoms. The van der Waals surface area contributed by atoms with Crippen molar-refractivity contribution in [3.05, 3.63) is 39.8 Å². The van der Waals surface area contributed by atoms with Crippen LogP contribution in [0.4, 0.5) is 11.4 Å². The van der Waals surface area contributed by atoms with E-state index >= 15 is 0 Å². The molecule has 39 heteroatoms. The molecule has 1 aromatic carbocycles. The number of fused-ring (bicyclic) bond motifs is 2. The van der Waals surface area contributed by atoms with Crippen LogP contribution in [-0.4, -0.2) is 255 Å². The number of thiazole rings is 1. The Balaban J connectivity index is 1.63. The quantitative estimate of drug-likeness (QED) is 0.0670. The number of likely N-dealkylation sites (N-methyl/N-ethyl adjacent to an activating group) is 1. The lowest BCUT2D eigenvalue weighted by atomic mass is 9.81. The van der Waals surface area contributed by atoms with Crippen molar-refractivity contribution < 1.29 is 111 Å². The predicted molar refractivity (Wildman–Crippen MR) is 418 cm³/mol. The van der Waals surface area contributed by atoms with Gasteiger partial charge in [0.05, 0.1) is 78.5 Å². The molecule has 4 rings (SSSR count). The number of aromatic nitrogens is 1. The van der Waals surface area contributed by atoms with Crippen LogP contribution in [0.25, 0.3) is 0 Å². The van der Waals surface area contributed by atoms with Gasteiger partial charge >= 0.3 is 23.9 Å². The number of amides is 11. The van der Waals surface area contributed by atoms with Gasteiger partial charge in [0.15, 0.2) is 11.9 Å². The van der Waals surface area contributed by atoms with Crippen LogP contribution in [0.15, 0.2) is 23.6 Å². The van der Waals surface area contributed by atoms with E-state index in [1.165, 1.54) is 65.1 Å². The molecule has 2 aromatic rings. The van der Waals surface area contributed by atoms with Gasteiger partial charge in [-0.05, 0) is 98.0 Å². The first-order chi connectivity index (χ1) is 52.9. The van der Waals surface area contributed by atoms with Crippen molar-refractivity contribution in [2.75, 3.05) is 76.4 Å². The average Bonchev–Trinajstić information content (AvgIpc) is 1.79. The number of carbonyl (C=O) groups excluding carboxylic acids is 14. The molecule has 0 spiro atoms. The number of aliphatic carboxylic acids is 3. The number of rotatable bonds is 24. The van der Waals surface area contributed by atoms with Crippen LogP contribution in [0, 0.1) is 29.6 Å². The van der Waals surface area contributed by atoms with Crippen molar-refractivity contribution in [2.45, 2.75) is 212 Å². The van der Waals surface area contributed by atoms with E-state index in [1.54, 1.807) is 44.8 Å². The van der Waals surface area contributed by atoms with E-state index in [-0.39, 0.29) is 129 Å². The highest BCUT2D eigenvalue weighted by atomic mass is 32.2. The number of benzene rings is 1. The second-order valence-electron chi connectivity index (χ2n) is 29.2. The number of ether oxygens (including phenoxy) is 3. The summed E-state index contributed by atoms with van der Waals surface area (Å²) in [6, 6.07) is -4.30. The van der Waals surface area contributed by atoms with Gasteiger partial charge in [-0.2, -0.15) is 0 Å². The highest BCUT2D eigenvalue weighted by Crippen LogP contribution is 2.35. The normalized spacial score (nSPS) is 23.0. The number of carbonyl (C=O) groups is 17. The summed E-state index contributed by atoms with van der Waals surface area (Å²) < 4.78 is 17.0. The van der Waals surface area contributed by atoms with Crippen molar-refractivity contribution in [2.24, 2.45) is 29.6 Å². The standard InChI is InChI=1S/C74H111N13O23S3/c1-16-38(4)47(31-57(90)74(11,12)86(13)14)72(105)87(15)52(37(2)3)32-54(110-44(10)88)71-84-51(35-111-71)68(102)81-46(27-39(5)73(106)107)28-45-17-18-49-50(29-45)83-66(100)43(9)80-64(98)41(7)78-59(92)20-24-109-26-22-76-70(104)62-48(30-53(89)55(33-60(93)94)112-36-113-56(34-61(95)96)69(103)85-62)67(101)75-21-25-108-23-19-58(91)77-40(6)63(97)79-42(8)65(99)82-49/h17-18,29,35,37-43,46-48,52,54-56,62H,16,19-28,30-34,36H2,1-15H3,(H,75,101)(H,76,104)(H,77,91)(H,78,92)(H,79,97)(H,80,98)(H,81,102)(H,82,99)(H,83,100)(H,85,103)(H,93,94)(H,95,96)(H,106,107)/t38-,39?,40-,41-,42-,43-,46+,47-,48?,52+,54+,55?,56?,62?/m0/s1. The molecule has 628 valence electrons.